The van der Waals surface area contributed by atoms with Crippen molar-refractivity contribution in [3.05, 3.63) is 60.8 Å². The summed E-state index contributed by atoms with van der Waals surface area (Å²) in [6, 6.07) is 0. The number of allylic oxidation sites excluding steroid dienone is 10. The van der Waals surface area contributed by atoms with Crippen molar-refractivity contribution in [2.24, 2.45) is 0 Å². The van der Waals surface area contributed by atoms with Gasteiger partial charge in [0, 0.05) is 13.0 Å². The van der Waals surface area contributed by atoms with Gasteiger partial charge in [0.1, 0.15) is 19.3 Å². The van der Waals surface area contributed by atoms with Crippen molar-refractivity contribution in [2.45, 2.75) is 123 Å². The molecule has 9 heteroatoms. The van der Waals surface area contributed by atoms with Crippen molar-refractivity contribution in [3.63, 3.8) is 0 Å². The third-order valence-electron chi connectivity index (χ3n) is 7.07. The Bertz CT molecular complexity index is 937. The summed E-state index contributed by atoms with van der Waals surface area (Å²) >= 11 is 0. The smallest absolute Gasteiger partial charge is 0.306 e. The fraction of sp³-hybridized carbons (Fsp3) is 0.711. The minimum Gasteiger partial charge on any atom is -0.756 e. The molecule has 0 rings (SSSR count). The van der Waals surface area contributed by atoms with E-state index < -0.39 is 19.9 Å². The van der Waals surface area contributed by atoms with Crippen molar-refractivity contribution < 1.29 is 37.3 Å². The molecule has 0 aliphatic heterocycles. The quantitative estimate of drug-likeness (QED) is 0.0230. The zero-order valence-electron chi connectivity index (χ0n) is 30.5. The van der Waals surface area contributed by atoms with E-state index >= 15 is 0 Å². The van der Waals surface area contributed by atoms with E-state index in [0.29, 0.717) is 24.1 Å². The molecule has 0 spiro atoms. The highest BCUT2D eigenvalue weighted by Gasteiger charge is 2.20. The third kappa shape index (κ3) is 35.3. The second kappa shape index (κ2) is 31.5. The Labute approximate surface area is 288 Å². The molecule has 272 valence electrons. The lowest BCUT2D eigenvalue weighted by molar-refractivity contribution is -0.870. The van der Waals surface area contributed by atoms with Crippen molar-refractivity contribution in [3.8, 4) is 0 Å². The van der Waals surface area contributed by atoms with Gasteiger partial charge in [0.15, 0.2) is 0 Å². The summed E-state index contributed by atoms with van der Waals surface area (Å²) < 4.78 is 34.2. The Morgan fingerprint density at radius 3 is 1.85 bits per heavy atom. The minimum absolute atomic E-state index is 0.00968. The van der Waals surface area contributed by atoms with E-state index in [0.717, 1.165) is 51.4 Å². The predicted octanol–water partition coefficient (Wildman–Crippen LogP) is 9.19. The first-order chi connectivity index (χ1) is 22.6. The molecular weight excluding hydrogens is 613 g/mol. The highest BCUT2D eigenvalue weighted by atomic mass is 31.2. The number of phosphoric ester groups is 1. The Morgan fingerprint density at radius 1 is 0.681 bits per heavy atom. The number of nitrogens with zero attached hydrogens (tertiary/aromatic N) is 1. The molecule has 0 fully saturated rings. The number of carbonyl (C=O) groups is 1. The average molecular weight is 682 g/mol. The number of unbranched alkanes of at least 4 members (excludes halogenated alkanes) is 8. The van der Waals surface area contributed by atoms with E-state index in [1.807, 2.05) is 33.3 Å². The lowest BCUT2D eigenvalue weighted by Gasteiger charge is -2.28. The Morgan fingerprint density at radius 2 is 1.23 bits per heavy atom. The van der Waals surface area contributed by atoms with Gasteiger partial charge in [-0.25, -0.2) is 0 Å². The Balaban J connectivity index is 4.48. The van der Waals surface area contributed by atoms with E-state index in [1.54, 1.807) is 0 Å². The first-order valence-corrected chi connectivity index (χ1v) is 19.5. The van der Waals surface area contributed by atoms with Gasteiger partial charge in [-0.05, 0) is 57.8 Å². The maximum Gasteiger partial charge on any atom is 0.306 e. The van der Waals surface area contributed by atoms with Crippen LogP contribution in [0.1, 0.15) is 117 Å². The van der Waals surface area contributed by atoms with Crippen LogP contribution < -0.4 is 4.89 Å². The summed E-state index contributed by atoms with van der Waals surface area (Å²) in [5, 5.41) is 0. The van der Waals surface area contributed by atoms with Crippen LogP contribution in [0.15, 0.2) is 60.8 Å². The molecule has 0 heterocycles. The van der Waals surface area contributed by atoms with Crippen LogP contribution in [0.25, 0.3) is 0 Å². The van der Waals surface area contributed by atoms with Crippen molar-refractivity contribution in [1.29, 1.82) is 0 Å². The van der Waals surface area contributed by atoms with Crippen LogP contribution in [0, 0.1) is 0 Å². The normalized spacial score (nSPS) is 14.8. The topological polar surface area (TPSA) is 94.1 Å². The number of phosphoric acid groups is 1. The van der Waals surface area contributed by atoms with Gasteiger partial charge in [0.2, 0.25) is 0 Å². The molecule has 0 saturated heterocycles. The van der Waals surface area contributed by atoms with Gasteiger partial charge in [-0.15, -0.1) is 0 Å². The number of quaternary nitrogens is 1. The van der Waals surface area contributed by atoms with Crippen LogP contribution in [0.4, 0.5) is 0 Å². The summed E-state index contributed by atoms with van der Waals surface area (Å²) in [5.41, 5.74) is 0. The maximum absolute atomic E-state index is 12.5. The highest BCUT2D eigenvalue weighted by Crippen LogP contribution is 2.38. The summed E-state index contributed by atoms with van der Waals surface area (Å²) in [5.74, 6) is -0.420. The Kier molecular flexibility index (Phi) is 30.3. The fourth-order valence-electron chi connectivity index (χ4n) is 4.24. The van der Waals surface area contributed by atoms with E-state index in [2.05, 4.69) is 62.5 Å². The van der Waals surface area contributed by atoms with Crippen LogP contribution in [0.2, 0.25) is 0 Å². The van der Waals surface area contributed by atoms with E-state index in [4.69, 9.17) is 18.5 Å². The number of esters is 1. The van der Waals surface area contributed by atoms with Gasteiger partial charge in [-0.1, -0.05) is 113 Å². The van der Waals surface area contributed by atoms with Gasteiger partial charge >= 0.3 is 5.97 Å². The molecular formula is C38H68NO7P. The van der Waals surface area contributed by atoms with Crippen molar-refractivity contribution in [1.82, 2.24) is 0 Å². The predicted molar refractivity (Wildman–Crippen MR) is 194 cm³/mol. The van der Waals surface area contributed by atoms with E-state index in [9.17, 15) is 14.3 Å². The zero-order valence-corrected chi connectivity index (χ0v) is 31.3. The van der Waals surface area contributed by atoms with Crippen LogP contribution in [0.5, 0.6) is 0 Å². The molecule has 47 heavy (non-hydrogen) atoms. The monoisotopic (exact) mass is 681 g/mol. The minimum atomic E-state index is -4.54. The number of hydrogen-bond acceptors (Lipinski definition) is 7. The van der Waals surface area contributed by atoms with Crippen molar-refractivity contribution >= 4 is 13.8 Å². The summed E-state index contributed by atoms with van der Waals surface area (Å²) in [4.78, 5) is 24.8. The number of carbonyl (C=O) groups excluding carboxylic acids is 1. The molecule has 2 unspecified atom stereocenters. The molecule has 0 bridgehead atoms. The molecule has 0 aromatic heterocycles. The average Bonchev–Trinajstić information content (AvgIpc) is 3.01. The lowest BCUT2D eigenvalue weighted by atomic mass is 10.1. The van der Waals surface area contributed by atoms with Crippen LogP contribution in [-0.4, -0.2) is 70.7 Å². The molecule has 0 saturated carbocycles. The first kappa shape index (κ1) is 45.2. The number of ether oxygens (including phenoxy) is 2. The molecule has 0 aromatic rings. The van der Waals surface area contributed by atoms with Gasteiger partial charge in [-0.3, -0.25) is 9.36 Å². The molecule has 0 aliphatic rings. The van der Waals surface area contributed by atoms with Crippen LogP contribution in [-0.2, 0) is 27.9 Å². The first-order valence-electron chi connectivity index (χ1n) is 18.0. The summed E-state index contributed by atoms with van der Waals surface area (Å²) in [6.45, 7) is 5.11. The largest absolute Gasteiger partial charge is 0.756 e. The highest BCUT2D eigenvalue weighted by molar-refractivity contribution is 7.45. The summed E-state index contributed by atoms with van der Waals surface area (Å²) in [7, 11) is 1.30. The lowest BCUT2D eigenvalue weighted by Crippen LogP contribution is -2.37. The van der Waals surface area contributed by atoms with E-state index in [1.165, 1.54) is 38.5 Å². The van der Waals surface area contributed by atoms with Gasteiger partial charge in [-0.2, -0.15) is 0 Å². The molecule has 0 aromatic carbocycles. The fourth-order valence-corrected chi connectivity index (χ4v) is 4.97. The maximum atomic E-state index is 12.5. The van der Waals surface area contributed by atoms with Crippen LogP contribution >= 0.6 is 7.82 Å². The second-order valence-corrected chi connectivity index (χ2v) is 14.3. The van der Waals surface area contributed by atoms with Crippen molar-refractivity contribution in [2.75, 3.05) is 54.1 Å². The van der Waals surface area contributed by atoms with Crippen LogP contribution in [0.3, 0.4) is 0 Å². The third-order valence-corrected chi connectivity index (χ3v) is 8.03. The van der Waals surface area contributed by atoms with Gasteiger partial charge in [0.25, 0.3) is 7.82 Å². The molecule has 0 N–H and O–H groups in total. The molecule has 0 aliphatic carbocycles. The molecule has 2 atom stereocenters. The van der Waals surface area contributed by atoms with E-state index in [-0.39, 0.29) is 26.2 Å². The standard InChI is InChI=1S/C38H68NO7P/c1-6-8-10-12-14-16-18-20-21-23-25-27-29-31-38(40)46-37(36-45-47(41,42)44-34-32-39(3,4)5)35-43-33-30-28-26-24-22-19-17-15-13-11-9-7-2/h8,10,13-16,20-21,25,27,37H,6-7,9,11-12,17-19,22-24,26,28-36H2,1-5H3/b10-8-,15-13-,16-14-,21-20-,27-25-. The number of rotatable bonds is 32. The SMILES string of the molecule is CC/C=C\C/C=C\C/C=C\C/C=C\CCC(=O)OC(COCCCCCCCC/C=C\CCCC)COP(=O)([O-])OCC[N+](C)(C)C. The molecule has 8 nitrogen and oxygen atoms in total. The second-order valence-electron chi connectivity index (χ2n) is 12.8. The molecule has 0 radical (unpaired) electrons. The number of likely N-dealkylation sites (N-methyl/N-ethyl adjacent to an activating group) is 1. The molecule has 0 amide bonds. The van der Waals surface area contributed by atoms with Gasteiger partial charge in [0.05, 0.1) is 34.4 Å². The number of hydrogen-bond donors (Lipinski definition) is 0. The zero-order chi connectivity index (χ0) is 34.9. The Hall–Kier alpha value is -1.80. The summed E-state index contributed by atoms with van der Waals surface area (Å²) in [6.07, 6.45) is 36.8. The van der Waals surface area contributed by atoms with Gasteiger partial charge < -0.3 is 27.9 Å².